The maximum absolute atomic E-state index is 12.2. The molecule has 0 radical (unpaired) electrons. The zero-order chi connectivity index (χ0) is 20.4. The molecule has 1 aliphatic heterocycles. The number of aryl methyl sites for hydroxylation is 1. The van der Waals surface area contributed by atoms with Crippen molar-refractivity contribution in [1.29, 1.82) is 0 Å². The van der Waals surface area contributed by atoms with Crippen molar-refractivity contribution < 1.29 is 13.9 Å². The zero-order valence-corrected chi connectivity index (χ0v) is 16.8. The highest BCUT2D eigenvalue weighted by Crippen LogP contribution is 2.31. The van der Waals surface area contributed by atoms with Crippen LogP contribution in [0.4, 0.5) is 11.4 Å². The molecule has 0 saturated carbocycles. The Hall–Kier alpha value is -2.99. The van der Waals surface area contributed by atoms with E-state index in [-0.39, 0.29) is 18.3 Å². The summed E-state index contributed by atoms with van der Waals surface area (Å²) in [4.78, 5) is 26.1. The summed E-state index contributed by atoms with van der Waals surface area (Å²) in [6, 6.07) is 12.4. The van der Waals surface area contributed by atoms with Gasteiger partial charge in [0.25, 0.3) is 5.91 Å². The number of amides is 1. The van der Waals surface area contributed by atoms with Crippen LogP contribution < -0.4 is 20.6 Å². The Labute approximate surface area is 173 Å². The lowest BCUT2D eigenvalue weighted by molar-refractivity contribution is -0.118. The van der Waals surface area contributed by atoms with E-state index in [0.717, 1.165) is 29.7 Å². The van der Waals surface area contributed by atoms with Crippen molar-refractivity contribution in [3.63, 3.8) is 0 Å². The molecule has 1 aliphatic rings. The molecule has 0 spiro atoms. The van der Waals surface area contributed by atoms with Gasteiger partial charge in [0, 0.05) is 42.0 Å². The van der Waals surface area contributed by atoms with Gasteiger partial charge >= 0.3 is 5.63 Å². The minimum atomic E-state index is -0.446. The molecule has 1 amide bonds. The monoisotopic (exact) mass is 412 g/mol. The minimum absolute atomic E-state index is 0.213. The first-order valence-electron chi connectivity index (χ1n) is 9.51. The van der Waals surface area contributed by atoms with Crippen molar-refractivity contribution in [2.75, 3.05) is 29.9 Å². The van der Waals surface area contributed by atoms with Gasteiger partial charge in [0.2, 0.25) is 0 Å². The Morgan fingerprint density at radius 3 is 2.62 bits per heavy atom. The second kappa shape index (κ2) is 8.17. The molecule has 0 bridgehead atoms. The van der Waals surface area contributed by atoms with Crippen molar-refractivity contribution in [1.82, 2.24) is 0 Å². The fourth-order valence-electron chi connectivity index (χ4n) is 3.50. The van der Waals surface area contributed by atoms with E-state index >= 15 is 0 Å². The summed E-state index contributed by atoms with van der Waals surface area (Å²) >= 11 is 6.26. The highest BCUT2D eigenvalue weighted by Gasteiger charge is 2.13. The normalized spacial score (nSPS) is 13.7. The molecule has 150 valence electrons. The third-order valence-corrected chi connectivity index (χ3v) is 5.28. The Morgan fingerprint density at radius 2 is 1.90 bits per heavy atom. The van der Waals surface area contributed by atoms with Crippen LogP contribution in [0.3, 0.4) is 0 Å². The first-order chi connectivity index (χ1) is 14.0. The van der Waals surface area contributed by atoms with E-state index in [1.807, 2.05) is 24.3 Å². The number of halogens is 1. The van der Waals surface area contributed by atoms with Gasteiger partial charge in [-0.25, -0.2) is 4.79 Å². The molecular weight excluding hydrogens is 392 g/mol. The third kappa shape index (κ3) is 4.38. The van der Waals surface area contributed by atoms with Crippen molar-refractivity contribution in [2.45, 2.75) is 19.8 Å². The number of carbonyl (C=O) groups excluding carboxylic acids is 1. The molecule has 2 heterocycles. The molecule has 3 aromatic rings. The van der Waals surface area contributed by atoms with Crippen LogP contribution in [-0.4, -0.2) is 25.6 Å². The van der Waals surface area contributed by atoms with Gasteiger partial charge in [-0.15, -0.1) is 0 Å². The fourth-order valence-corrected chi connectivity index (χ4v) is 3.72. The number of carbonyl (C=O) groups is 1. The fraction of sp³-hybridized carbons (Fsp3) is 0.273. The molecule has 6 nitrogen and oxygen atoms in total. The van der Waals surface area contributed by atoms with Crippen LogP contribution in [0.1, 0.15) is 18.4 Å². The number of hydrogen-bond acceptors (Lipinski definition) is 5. The largest absolute Gasteiger partial charge is 0.482 e. The van der Waals surface area contributed by atoms with Gasteiger partial charge < -0.3 is 19.4 Å². The molecule has 7 heteroatoms. The maximum Gasteiger partial charge on any atom is 0.336 e. The molecule has 0 unspecified atom stereocenters. The van der Waals surface area contributed by atoms with E-state index in [0.29, 0.717) is 16.3 Å². The van der Waals surface area contributed by atoms with E-state index in [1.165, 1.54) is 25.0 Å². The van der Waals surface area contributed by atoms with Crippen LogP contribution in [0.15, 0.2) is 51.7 Å². The standard InChI is InChI=1S/C22H21ClN2O4/c1-14-10-22(27)29-19-12-20(18(23)11-17(14)19)28-13-21(26)24-15-4-6-16(7-5-15)25-8-2-3-9-25/h4-7,10-12H,2-3,8-9,13H2,1H3,(H,24,26). The average Bonchev–Trinajstić information content (AvgIpc) is 3.22. The third-order valence-electron chi connectivity index (χ3n) is 4.98. The van der Waals surface area contributed by atoms with Crippen LogP contribution in [0.5, 0.6) is 5.75 Å². The van der Waals surface area contributed by atoms with Crippen molar-refractivity contribution in [3.05, 3.63) is 63.5 Å². The second-order valence-corrected chi connectivity index (χ2v) is 7.51. The van der Waals surface area contributed by atoms with Crippen LogP contribution in [0.2, 0.25) is 5.02 Å². The predicted molar refractivity (Wildman–Crippen MR) is 114 cm³/mol. The number of rotatable bonds is 5. The minimum Gasteiger partial charge on any atom is -0.482 e. The lowest BCUT2D eigenvalue weighted by atomic mass is 10.1. The average molecular weight is 413 g/mol. The van der Waals surface area contributed by atoms with E-state index in [4.69, 9.17) is 20.8 Å². The van der Waals surface area contributed by atoms with Crippen LogP contribution in [-0.2, 0) is 4.79 Å². The molecule has 1 N–H and O–H groups in total. The molecule has 4 rings (SSSR count). The predicted octanol–water partition coefficient (Wildman–Crippen LogP) is 4.37. The highest BCUT2D eigenvalue weighted by atomic mass is 35.5. The molecule has 29 heavy (non-hydrogen) atoms. The van der Waals surface area contributed by atoms with Crippen molar-refractivity contribution in [2.24, 2.45) is 0 Å². The molecule has 2 aromatic carbocycles. The van der Waals surface area contributed by atoms with Crippen LogP contribution in [0, 0.1) is 6.92 Å². The van der Waals surface area contributed by atoms with E-state index in [2.05, 4.69) is 10.2 Å². The Kier molecular flexibility index (Phi) is 5.45. The number of hydrogen-bond donors (Lipinski definition) is 1. The zero-order valence-electron chi connectivity index (χ0n) is 16.0. The Bertz CT molecular complexity index is 1100. The number of nitrogens with one attached hydrogen (secondary N) is 1. The van der Waals surface area contributed by atoms with Gasteiger partial charge in [-0.3, -0.25) is 4.79 Å². The summed E-state index contributed by atoms with van der Waals surface area (Å²) in [5, 5.41) is 3.88. The summed E-state index contributed by atoms with van der Waals surface area (Å²) in [6.07, 6.45) is 2.44. The summed E-state index contributed by atoms with van der Waals surface area (Å²) in [6.45, 7) is 3.74. The number of ether oxygens (including phenoxy) is 1. The SMILES string of the molecule is Cc1cc(=O)oc2cc(OCC(=O)Nc3ccc(N4CCCC4)cc3)c(Cl)cc12. The van der Waals surface area contributed by atoms with Crippen molar-refractivity contribution >= 4 is 39.9 Å². The van der Waals surface area contributed by atoms with Gasteiger partial charge in [-0.2, -0.15) is 0 Å². The topological polar surface area (TPSA) is 71.8 Å². The van der Waals surface area contributed by atoms with Gasteiger partial charge in [-0.1, -0.05) is 11.6 Å². The lowest BCUT2D eigenvalue weighted by Crippen LogP contribution is -2.20. The maximum atomic E-state index is 12.2. The first-order valence-corrected chi connectivity index (χ1v) is 9.89. The molecular formula is C22H21ClN2O4. The van der Waals surface area contributed by atoms with Crippen LogP contribution >= 0.6 is 11.6 Å². The molecule has 1 fully saturated rings. The smallest absolute Gasteiger partial charge is 0.336 e. The van der Waals surface area contributed by atoms with Gasteiger partial charge in [-0.05, 0) is 55.7 Å². The summed E-state index contributed by atoms with van der Waals surface area (Å²) in [5.74, 6) is -0.0202. The second-order valence-electron chi connectivity index (χ2n) is 7.11. The number of fused-ring (bicyclic) bond motifs is 1. The van der Waals surface area contributed by atoms with Crippen molar-refractivity contribution in [3.8, 4) is 5.75 Å². The van der Waals surface area contributed by atoms with Gasteiger partial charge in [0.1, 0.15) is 11.3 Å². The molecule has 1 aromatic heterocycles. The van der Waals surface area contributed by atoms with Crippen LogP contribution in [0.25, 0.3) is 11.0 Å². The summed E-state index contributed by atoms with van der Waals surface area (Å²) in [7, 11) is 0. The van der Waals surface area contributed by atoms with E-state index < -0.39 is 5.63 Å². The summed E-state index contributed by atoms with van der Waals surface area (Å²) in [5.41, 5.74) is 2.55. The van der Waals surface area contributed by atoms with Gasteiger partial charge in [0.05, 0.1) is 5.02 Å². The lowest BCUT2D eigenvalue weighted by Gasteiger charge is -2.17. The van der Waals surface area contributed by atoms with Gasteiger partial charge in [0.15, 0.2) is 6.61 Å². The quantitative estimate of drug-likeness (QED) is 0.630. The summed E-state index contributed by atoms with van der Waals surface area (Å²) < 4.78 is 10.7. The molecule has 0 aliphatic carbocycles. The number of nitrogens with zero attached hydrogens (tertiary/aromatic N) is 1. The van der Waals surface area contributed by atoms with E-state index in [1.54, 1.807) is 13.0 Å². The van der Waals surface area contributed by atoms with E-state index in [9.17, 15) is 9.59 Å². The number of benzene rings is 2. The Morgan fingerprint density at radius 1 is 1.17 bits per heavy atom. The Balaban J connectivity index is 1.40. The first kappa shape index (κ1) is 19.3. The molecule has 1 saturated heterocycles. The highest BCUT2D eigenvalue weighted by molar-refractivity contribution is 6.32. The number of anilines is 2. The molecule has 0 atom stereocenters.